The largest absolute Gasteiger partial charge is 0.344 e. The van der Waals surface area contributed by atoms with Crippen LogP contribution in [0, 0.1) is 5.82 Å². The molecular formula is C9H4BrClFNO. The van der Waals surface area contributed by atoms with Crippen molar-refractivity contribution < 1.29 is 9.18 Å². The molecule has 5 heteroatoms. The Bertz CT molecular complexity index is 523. The molecule has 0 saturated carbocycles. The first kappa shape index (κ1) is 9.68. The van der Waals surface area contributed by atoms with E-state index in [0.29, 0.717) is 21.7 Å². The van der Waals surface area contributed by atoms with Crippen LogP contribution < -0.4 is 0 Å². The minimum absolute atomic E-state index is 0.223. The SMILES string of the molecule is O=Cc1c(Cl)[nH]c2c(Br)cc(F)cc12. The van der Waals surface area contributed by atoms with Gasteiger partial charge in [0.1, 0.15) is 11.0 Å². The Labute approximate surface area is 92.2 Å². The van der Waals surface area contributed by atoms with Crippen LogP contribution in [0.5, 0.6) is 0 Å². The average Bonchev–Trinajstić information content (AvgIpc) is 2.41. The van der Waals surface area contributed by atoms with E-state index in [4.69, 9.17) is 11.6 Å². The fourth-order valence-corrected chi connectivity index (χ4v) is 2.10. The summed E-state index contributed by atoms with van der Waals surface area (Å²) in [4.78, 5) is 13.5. The van der Waals surface area contributed by atoms with Gasteiger partial charge >= 0.3 is 0 Å². The summed E-state index contributed by atoms with van der Waals surface area (Å²) in [5.41, 5.74) is 0.903. The highest BCUT2D eigenvalue weighted by Crippen LogP contribution is 2.30. The molecule has 0 saturated heterocycles. The van der Waals surface area contributed by atoms with Crippen molar-refractivity contribution in [3.05, 3.63) is 33.1 Å². The van der Waals surface area contributed by atoms with Gasteiger partial charge in [-0.25, -0.2) is 4.39 Å². The number of H-pyrrole nitrogens is 1. The van der Waals surface area contributed by atoms with Crippen molar-refractivity contribution in [2.45, 2.75) is 0 Å². The van der Waals surface area contributed by atoms with Gasteiger partial charge in [0.25, 0.3) is 0 Å². The number of carbonyl (C=O) groups is 1. The van der Waals surface area contributed by atoms with Crippen LogP contribution in [0.4, 0.5) is 4.39 Å². The van der Waals surface area contributed by atoms with E-state index < -0.39 is 5.82 Å². The zero-order valence-corrected chi connectivity index (χ0v) is 9.12. The van der Waals surface area contributed by atoms with Gasteiger partial charge in [-0.2, -0.15) is 0 Å². The van der Waals surface area contributed by atoms with E-state index in [1.807, 2.05) is 0 Å². The summed E-state index contributed by atoms with van der Waals surface area (Å²) in [6, 6.07) is 2.58. The molecule has 0 amide bonds. The van der Waals surface area contributed by atoms with Crippen molar-refractivity contribution in [2.24, 2.45) is 0 Å². The molecule has 0 aliphatic carbocycles. The Morgan fingerprint density at radius 1 is 1.50 bits per heavy atom. The highest BCUT2D eigenvalue weighted by Gasteiger charge is 2.12. The number of hydrogen-bond donors (Lipinski definition) is 1. The molecule has 0 fully saturated rings. The van der Waals surface area contributed by atoms with Gasteiger partial charge in [0.05, 0.1) is 11.1 Å². The third kappa shape index (κ3) is 1.35. The molecule has 2 nitrogen and oxygen atoms in total. The molecule has 1 aromatic heterocycles. The molecule has 1 heterocycles. The molecule has 14 heavy (non-hydrogen) atoms. The number of aromatic amines is 1. The first-order chi connectivity index (χ1) is 6.63. The smallest absolute Gasteiger partial charge is 0.153 e. The number of carbonyl (C=O) groups excluding carboxylic acids is 1. The maximum atomic E-state index is 13.0. The number of aromatic nitrogens is 1. The molecule has 2 rings (SSSR count). The number of aldehydes is 1. The predicted molar refractivity (Wildman–Crippen MR) is 56.4 cm³/mol. The predicted octanol–water partition coefficient (Wildman–Crippen LogP) is 3.54. The summed E-state index contributed by atoms with van der Waals surface area (Å²) in [5, 5.41) is 0.707. The van der Waals surface area contributed by atoms with Crippen molar-refractivity contribution in [3.8, 4) is 0 Å². The van der Waals surface area contributed by atoms with Gasteiger partial charge < -0.3 is 4.98 Å². The molecule has 1 N–H and O–H groups in total. The minimum atomic E-state index is -0.414. The van der Waals surface area contributed by atoms with Gasteiger partial charge in [-0.1, -0.05) is 11.6 Å². The fraction of sp³-hybridized carbons (Fsp3) is 0. The number of rotatable bonds is 1. The lowest BCUT2D eigenvalue weighted by atomic mass is 10.2. The Morgan fingerprint density at radius 3 is 2.86 bits per heavy atom. The molecule has 72 valence electrons. The second kappa shape index (κ2) is 3.37. The van der Waals surface area contributed by atoms with Crippen LogP contribution in [-0.2, 0) is 0 Å². The van der Waals surface area contributed by atoms with E-state index in [1.165, 1.54) is 12.1 Å². The highest BCUT2D eigenvalue weighted by atomic mass is 79.9. The van der Waals surface area contributed by atoms with Crippen LogP contribution in [0.25, 0.3) is 10.9 Å². The molecule has 0 aliphatic heterocycles. The zero-order chi connectivity index (χ0) is 10.3. The number of hydrogen-bond acceptors (Lipinski definition) is 1. The fourth-order valence-electron chi connectivity index (χ4n) is 1.32. The number of nitrogens with one attached hydrogen (secondary N) is 1. The first-order valence-corrected chi connectivity index (χ1v) is 4.92. The summed E-state index contributed by atoms with van der Waals surface area (Å²) >= 11 is 8.94. The lowest BCUT2D eigenvalue weighted by Crippen LogP contribution is -1.79. The summed E-state index contributed by atoms with van der Waals surface area (Å²) in [7, 11) is 0. The van der Waals surface area contributed by atoms with Crippen molar-refractivity contribution in [2.75, 3.05) is 0 Å². The summed E-state index contributed by atoms with van der Waals surface area (Å²) < 4.78 is 13.6. The number of fused-ring (bicyclic) bond motifs is 1. The Balaban J connectivity index is 2.94. The van der Waals surface area contributed by atoms with Crippen LogP contribution >= 0.6 is 27.5 Å². The number of halogens is 3. The van der Waals surface area contributed by atoms with E-state index in [9.17, 15) is 9.18 Å². The summed E-state index contributed by atoms with van der Waals surface area (Å²) in [6.45, 7) is 0. The quantitative estimate of drug-likeness (QED) is 0.794. The maximum absolute atomic E-state index is 13.0. The minimum Gasteiger partial charge on any atom is -0.344 e. The van der Waals surface area contributed by atoms with Crippen molar-refractivity contribution in [1.82, 2.24) is 4.98 Å². The third-order valence-corrected chi connectivity index (χ3v) is 2.86. The molecule has 2 aromatic rings. The van der Waals surface area contributed by atoms with Gasteiger partial charge in [-0.05, 0) is 28.1 Å². The standard InChI is InChI=1S/C9H4BrClFNO/c10-7-2-4(12)1-5-6(3-14)9(11)13-8(5)7/h1-3,13H. The Kier molecular flexibility index (Phi) is 2.33. The van der Waals surface area contributed by atoms with Gasteiger partial charge in [-0.3, -0.25) is 4.79 Å². The van der Waals surface area contributed by atoms with Crippen molar-refractivity contribution >= 4 is 44.7 Å². The molecular weight excluding hydrogens is 272 g/mol. The van der Waals surface area contributed by atoms with Crippen LogP contribution in [0.1, 0.15) is 10.4 Å². The normalized spacial score (nSPS) is 10.8. The van der Waals surface area contributed by atoms with Gasteiger partial charge in [0.15, 0.2) is 6.29 Å². The zero-order valence-electron chi connectivity index (χ0n) is 6.77. The van der Waals surface area contributed by atoms with Gasteiger partial charge in [0.2, 0.25) is 0 Å². The van der Waals surface area contributed by atoms with E-state index in [2.05, 4.69) is 20.9 Å². The molecule has 0 aliphatic rings. The van der Waals surface area contributed by atoms with Crippen molar-refractivity contribution in [3.63, 3.8) is 0 Å². The highest BCUT2D eigenvalue weighted by molar-refractivity contribution is 9.10. The van der Waals surface area contributed by atoms with Gasteiger partial charge in [0, 0.05) is 9.86 Å². The molecule has 0 bridgehead atoms. The second-order valence-corrected chi connectivity index (χ2v) is 4.01. The summed E-state index contributed by atoms with van der Waals surface area (Å²) in [5.74, 6) is -0.414. The summed E-state index contributed by atoms with van der Waals surface area (Å²) in [6.07, 6.45) is 0.604. The lowest BCUT2D eigenvalue weighted by molar-refractivity contribution is 0.112. The molecule has 1 aromatic carbocycles. The van der Waals surface area contributed by atoms with Crippen molar-refractivity contribution in [1.29, 1.82) is 0 Å². The van der Waals surface area contributed by atoms with Crippen LogP contribution in [0.2, 0.25) is 5.15 Å². The van der Waals surface area contributed by atoms with Gasteiger partial charge in [-0.15, -0.1) is 0 Å². The third-order valence-electron chi connectivity index (χ3n) is 1.93. The van der Waals surface area contributed by atoms with Crippen LogP contribution in [0.15, 0.2) is 16.6 Å². The molecule has 0 unspecified atom stereocenters. The van der Waals surface area contributed by atoms with E-state index in [-0.39, 0.29) is 10.7 Å². The Morgan fingerprint density at radius 2 is 2.21 bits per heavy atom. The maximum Gasteiger partial charge on any atom is 0.153 e. The average molecular weight is 276 g/mol. The van der Waals surface area contributed by atoms with E-state index >= 15 is 0 Å². The topological polar surface area (TPSA) is 32.9 Å². The Hall–Kier alpha value is -0.870. The molecule has 0 radical (unpaired) electrons. The van der Waals surface area contributed by atoms with E-state index in [1.54, 1.807) is 0 Å². The second-order valence-electron chi connectivity index (χ2n) is 2.78. The molecule has 0 atom stereocenters. The monoisotopic (exact) mass is 275 g/mol. The van der Waals surface area contributed by atoms with Crippen LogP contribution in [0.3, 0.4) is 0 Å². The first-order valence-electron chi connectivity index (χ1n) is 3.75. The molecule has 0 spiro atoms. The van der Waals surface area contributed by atoms with Crippen LogP contribution in [-0.4, -0.2) is 11.3 Å². The lowest BCUT2D eigenvalue weighted by Gasteiger charge is -1.94. The van der Waals surface area contributed by atoms with E-state index in [0.717, 1.165) is 0 Å². The number of benzene rings is 1.